The molecule has 1 aromatic carbocycles. The Bertz CT molecular complexity index is 1450. The van der Waals surface area contributed by atoms with Crippen molar-refractivity contribution in [2.75, 3.05) is 40.3 Å². The first-order valence-corrected chi connectivity index (χ1v) is 16.2. The van der Waals surface area contributed by atoms with Gasteiger partial charge < -0.3 is 30.2 Å². The predicted octanol–water partition coefficient (Wildman–Crippen LogP) is -0.0779. The van der Waals surface area contributed by atoms with Gasteiger partial charge in [0, 0.05) is 21.1 Å². The van der Waals surface area contributed by atoms with E-state index in [-0.39, 0.29) is 24.5 Å². The quantitative estimate of drug-likeness (QED) is 0.141. The molecule has 0 saturated carbocycles. The number of ketones is 1. The maximum absolute atomic E-state index is 13.9. The van der Waals surface area contributed by atoms with Gasteiger partial charge in [0.25, 0.3) is 16.0 Å². The molecule has 1 heterocycles. The summed E-state index contributed by atoms with van der Waals surface area (Å²) in [6.07, 6.45) is 2.04. The molecular weight excluding hydrogens is 632 g/mol. The van der Waals surface area contributed by atoms with Crippen LogP contribution in [0.4, 0.5) is 0 Å². The van der Waals surface area contributed by atoms with E-state index in [9.17, 15) is 32.4 Å². The van der Waals surface area contributed by atoms with Crippen LogP contribution in [0.5, 0.6) is 0 Å². The highest BCUT2D eigenvalue weighted by molar-refractivity contribution is 7.86. The van der Waals surface area contributed by atoms with Crippen molar-refractivity contribution < 1.29 is 50.8 Å². The summed E-state index contributed by atoms with van der Waals surface area (Å²) in [5.41, 5.74) is -1.51. The molecule has 15 nitrogen and oxygen atoms in total. The lowest BCUT2D eigenvalue weighted by molar-refractivity contribution is -0.168. The second-order valence-electron chi connectivity index (χ2n) is 10.1. The number of hydrogen-bond donors (Lipinski definition) is 3. The lowest BCUT2D eigenvalue weighted by Gasteiger charge is -2.32. The van der Waals surface area contributed by atoms with Crippen LogP contribution in [0.25, 0.3) is 0 Å². The summed E-state index contributed by atoms with van der Waals surface area (Å²) in [6.45, 7) is 2.52. The SMILES string of the molecule is COC[C@H](NC(=O)c1cnc(C)s1)C(=O)N[C@@H](COC)C(=O)N[C@@H](Cc1ccccc1)C(=O)[C@@](C)(COS(C)(=O)=O)OC(C)=O. The van der Waals surface area contributed by atoms with E-state index in [1.807, 2.05) is 0 Å². The normalized spacial score (nSPS) is 14.7. The van der Waals surface area contributed by atoms with Crippen LogP contribution in [-0.2, 0) is 54.1 Å². The minimum absolute atomic E-state index is 0.0919. The van der Waals surface area contributed by atoms with Crippen molar-refractivity contribution in [1.82, 2.24) is 20.9 Å². The lowest BCUT2D eigenvalue weighted by Crippen LogP contribution is -2.60. The summed E-state index contributed by atoms with van der Waals surface area (Å²) in [5.74, 6) is -3.96. The number of carbonyl (C=O) groups is 5. The smallest absolute Gasteiger partial charge is 0.303 e. The molecule has 45 heavy (non-hydrogen) atoms. The first-order valence-electron chi connectivity index (χ1n) is 13.5. The Morgan fingerprint density at radius 2 is 1.49 bits per heavy atom. The number of ether oxygens (including phenoxy) is 3. The number of nitrogens with zero attached hydrogens (tertiary/aromatic N) is 1. The summed E-state index contributed by atoms with van der Waals surface area (Å²) in [6, 6.07) is 4.61. The molecule has 3 amide bonds. The number of hydrogen-bond acceptors (Lipinski definition) is 13. The minimum atomic E-state index is -4.04. The molecule has 0 bridgehead atoms. The number of aromatic nitrogens is 1. The fourth-order valence-electron chi connectivity index (χ4n) is 4.05. The number of thiazole rings is 1. The van der Waals surface area contributed by atoms with Gasteiger partial charge in [-0.25, -0.2) is 4.98 Å². The minimum Gasteiger partial charge on any atom is -0.449 e. The van der Waals surface area contributed by atoms with E-state index >= 15 is 0 Å². The fraction of sp³-hybridized carbons (Fsp3) is 0.500. The third kappa shape index (κ3) is 12.3. The average Bonchev–Trinajstić information content (AvgIpc) is 3.41. The topological polar surface area (TPSA) is 205 Å². The van der Waals surface area contributed by atoms with Gasteiger partial charge in [-0.15, -0.1) is 11.3 Å². The van der Waals surface area contributed by atoms with E-state index in [1.54, 1.807) is 37.3 Å². The number of benzene rings is 1. The molecule has 0 aliphatic heterocycles. The van der Waals surface area contributed by atoms with Crippen LogP contribution in [0.15, 0.2) is 36.5 Å². The Morgan fingerprint density at radius 3 is 1.98 bits per heavy atom. The summed E-state index contributed by atoms with van der Waals surface area (Å²) in [4.78, 5) is 69.5. The molecular formula is C28H38N4O11S2. The lowest BCUT2D eigenvalue weighted by atomic mass is 9.91. The molecule has 4 atom stereocenters. The Hall–Kier alpha value is -3.77. The van der Waals surface area contributed by atoms with Crippen LogP contribution in [0.2, 0.25) is 0 Å². The number of methoxy groups -OCH3 is 2. The molecule has 0 aliphatic rings. The van der Waals surface area contributed by atoms with Gasteiger partial charge in [0.1, 0.15) is 23.6 Å². The molecule has 248 valence electrons. The third-order valence-corrected chi connectivity index (χ3v) is 7.58. The number of nitrogens with one attached hydrogen (secondary N) is 3. The zero-order valence-corrected chi connectivity index (χ0v) is 27.4. The summed E-state index contributed by atoms with van der Waals surface area (Å²) < 4.78 is 43.7. The number of Topliss-reactive ketones (excluding diaryl/α,β-unsaturated/α-hetero) is 1. The van der Waals surface area contributed by atoms with E-state index < -0.39 is 69.9 Å². The van der Waals surface area contributed by atoms with Gasteiger partial charge >= 0.3 is 5.97 Å². The molecule has 0 radical (unpaired) electrons. The molecule has 0 saturated heterocycles. The molecule has 0 unspecified atom stereocenters. The van der Waals surface area contributed by atoms with Crippen molar-refractivity contribution >= 4 is 50.9 Å². The van der Waals surface area contributed by atoms with Gasteiger partial charge in [0.15, 0.2) is 5.60 Å². The van der Waals surface area contributed by atoms with Crippen molar-refractivity contribution in [3.05, 3.63) is 52.0 Å². The van der Waals surface area contributed by atoms with Gasteiger partial charge in [-0.2, -0.15) is 8.42 Å². The molecule has 0 fully saturated rings. The molecule has 0 spiro atoms. The third-order valence-electron chi connectivity index (χ3n) is 6.12. The van der Waals surface area contributed by atoms with Crippen molar-refractivity contribution in [1.29, 1.82) is 0 Å². The highest BCUT2D eigenvalue weighted by Gasteiger charge is 2.43. The Kier molecular flexibility index (Phi) is 14.2. The van der Waals surface area contributed by atoms with E-state index in [0.29, 0.717) is 10.6 Å². The van der Waals surface area contributed by atoms with Crippen molar-refractivity contribution in [3.63, 3.8) is 0 Å². The van der Waals surface area contributed by atoms with Crippen LogP contribution >= 0.6 is 11.3 Å². The average molecular weight is 671 g/mol. The van der Waals surface area contributed by atoms with Gasteiger partial charge in [0.05, 0.1) is 36.7 Å². The summed E-state index contributed by atoms with van der Waals surface area (Å²) in [5, 5.41) is 8.27. The predicted molar refractivity (Wildman–Crippen MR) is 162 cm³/mol. The number of esters is 1. The maximum atomic E-state index is 13.9. The van der Waals surface area contributed by atoms with Crippen LogP contribution in [-0.4, -0.2) is 107 Å². The monoisotopic (exact) mass is 670 g/mol. The van der Waals surface area contributed by atoms with Gasteiger partial charge in [-0.1, -0.05) is 30.3 Å². The highest BCUT2D eigenvalue weighted by Crippen LogP contribution is 2.19. The Labute approximate surface area is 265 Å². The zero-order valence-electron chi connectivity index (χ0n) is 25.8. The Balaban J connectivity index is 2.34. The molecule has 17 heteroatoms. The van der Waals surface area contributed by atoms with Gasteiger partial charge in [-0.3, -0.25) is 28.2 Å². The van der Waals surface area contributed by atoms with E-state index in [1.165, 1.54) is 27.3 Å². The maximum Gasteiger partial charge on any atom is 0.303 e. The number of carbonyl (C=O) groups excluding carboxylic acids is 5. The van der Waals surface area contributed by atoms with Gasteiger partial charge in [-0.05, 0) is 25.8 Å². The molecule has 2 rings (SSSR count). The van der Waals surface area contributed by atoms with Crippen LogP contribution in [0, 0.1) is 6.92 Å². The van der Waals surface area contributed by atoms with Crippen LogP contribution < -0.4 is 16.0 Å². The first-order chi connectivity index (χ1) is 21.1. The van der Waals surface area contributed by atoms with Gasteiger partial charge in [0.2, 0.25) is 17.6 Å². The number of amides is 3. The summed E-state index contributed by atoms with van der Waals surface area (Å²) in [7, 11) is -1.42. The molecule has 3 N–H and O–H groups in total. The summed E-state index contributed by atoms with van der Waals surface area (Å²) >= 11 is 1.13. The van der Waals surface area contributed by atoms with E-state index in [2.05, 4.69) is 20.9 Å². The number of aryl methyl sites for hydroxylation is 1. The molecule has 0 aliphatic carbocycles. The van der Waals surface area contributed by atoms with Crippen molar-refractivity contribution in [2.45, 2.75) is 50.9 Å². The first kappa shape index (κ1) is 37.4. The standard InChI is InChI=1S/C28H38N4O11S2/c1-17-29-13-23(44-17)27(37)32-22(15-41-5)26(36)31-21(14-40-4)25(35)30-20(12-19-10-8-7-9-11-19)24(34)28(3,43-18(2)33)16-42-45(6,38)39/h7-11,13,20-22H,12,14-16H2,1-6H3,(H,30,35)(H,31,36)(H,32,37)/t20-,21-,22-,28+/m0/s1. The van der Waals surface area contributed by atoms with E-state index in [4.69, 9.17) is 18.4 Å². The van der Waals surface area contributed by atoms with Crippen LogP contribution in [0.3, 0.4) is 0 Å². The molecule has 1 aromatic heterocycles. The van der Waals surface area contributed by atoms with E-state index in [0.717, 1.165) is 24.5 Å². The van der Waals surface area contributed by atoms with Crippen LogP contribution in [0.1, 0.15) is 34.1 Å². The zero-order chi connectivity index (χ0) is 33.8. The van der Waals surface area contributed by atoms with Crippen molar-refractivity contribution in [3.8, 4) is 0 Å². The second-order valence-corrected chi connectivity index (χ2v) is 13.0. The largest absolute Gasteiger partial charge is 0.449 e. The number of rotatable bonds is 18. The van der Waals surface area contributed by atoms with Crippen molar-refractivity contribution in [2.24, 2.45) is 0 Å². The Morgan fingerprint density at radius 1 is 0.933 bits per heavy atom. The fourth-order valence-corrected chi connectivity index (χ4v) is 5.17. The molecule has 2 aromatic rings. The second kappa shape index (κ2) is 17.1. The highest BCUT2D eigenvalue weighted by atomic mass is 32.2.